The summed E-state index contributed by atoms with van der Waals surface area (Å²) in [6.07, 6.45) is 5.25. The van der Waals surface area contributed by atoms with Crippen LogP contribution >= 0.6 is 0 Å². The molecule has 0 atom stereocenters. The number of nitrogens with zero attached hydrogens (tertiary/aromatic N) is 2. The lowest BCUT2D eigenvalue weighted by Crippen LogP contribution is -2.47. The van der Waals surface area contributed by atoms with Crippen molar-refractivity contribution in [1.82, 2.24) is 10.2 Å². The van der Waals surface area contributed by atoms with E-state index in [-0.39, 0.29) is 17.3 Å². The molecule has 1 aromatic heterocycles. The number of rotatable bonds is 8. The predicted molar refractivity (Wildman–Crippen MR) is 147 cm³/mol. The van der Waals surface area contributed by atoms with Crippen LogP contribution in [0.5, 0.6) is 5.75 Å². The van der Waals surface area contributed by atoms with Gasteiger partial charge in [0.25, 0.3) is 5.91 Å². The number of piperazine rings is 1. The third kappa shape index (κ3) is 5.37. The van der Waals surface area contributed by atoms with Crippen LogP contribution in [0.4, 0.5) is 5.69 Å². The van der Waals surface area contributed by atoms with Gasteiger partial charge in [-0.15, -0.1) is 0 Å². The first-order chi connectivity index (χ1) is 18.1. The van der Waals surface area contributed by atoms with Crippen LogP contribution in [0.25, 0.3) is 11.0 Å². The second-order valence-corrected chi connectivity index (χ2v) is 10.2. The van der Waals surface area contributed by atoms with Gasteiger partial charge in [-0.2, -0.15) is 0 Å². The maximum Gasteiger partial charge on any atom is 0.255 e. The standard InChI is InChI=1S/C30H37N3O4/c1-21-27(34)23-11-7-12-24(29(23)37-28(21)22-9-3-4-10-22)30(35)31-15-8-16-32-17-19-33(20-18-32)25-13-5-6-14-26(25)36-2/h5-7,11-14,22H,3-4,8-10,15-20H2,1-2H3,(H,31,35). The van der Waals surface area contributed by atoms with Crippen molar-refractivity contribution in [3.05, 3.63) is 69.6 Å². The van der Waals surface area contributed by atoms with Gasteiger partial charge < -0.3 is 19.4 Å². The summed E-state index contributed by atoms with van der Waals surface area (Å²) in [5, 5.41) is 3.53. The quantitative estimate of drug-likeness (QED) is 0.449. The first-order valence-electron chi connectivity index (χ1n) is 13.5. The molecule has 1 saturated carbocycles. The van der Waals surface area contributed by atoms with E-state index in [0.29, 0.717) is 28.6 Å². The lowest BCUT2D eigenvalue weighted by molar-refractivity contribution is 0.0952. The molecule has 7 heteroatoms. The zero-order chi connectivity index (χ0) is 25.8. The van der Waals surface area contributed by atoms with Gasteiger partial charge in [0.1, 0.15) is 11.5 Å². The molecule has 5 rings (SSSR count). The van der Waals surface area contributed by atoms with Gasteiger partial charge in [0.05, 0.1) is 23.7 Å². The van der Waals surface area contributed by atoms with E-state index in [4.69, 9.17) is 9.15 Å². The van der Waals surface area contributed by atoms with Crippen molar-refractivity contribution in [1.29, 1.82) is 0 Å². The van der Waals surface area contributed by atoms with E-state index in [1.807, 2.05) is 25.1 Å². The van der Waals surface area contributed by atoms with E-state index in [1.54, 1.807) is 25.3 Å². The smallest absolute Gasteiger partial charge is 0.255 e. The Hall–Kier alpha value is -3.32. The number of carbonyl (C=O) groups is 1. The number of hydrogen-bond acceptors (Lipinski definition) is 6. The lowest BCUT2D eigenvalue weighted by Gasteiger charge is -2.36. The summed E-state index contributed by atoms with van der Waals surface area (Å²) in [5.41, 5.74) is 2.67. The highest BCUT2D eigenvalue weighted by Crippen LogP contribution is 2.36. The van der Waals surface area contributed by atoms with Crippen LogP contribution < -0.4 is 20.4 Å². The molecule has 0 bridgehead atoms. The minimum atomic E-state index is -0.184. The van der Waals surface area contributed by atoms with E-state index in [2.05, 4.69) is 21.2 Å². The molecule has 7 nitrogen and oxygen atoms in total. The number of amides is 1. The molecule has 2 fully saturated rings. The first-order valence-corrected chi connectivity index (χ1v) is 13.5. The Morgan fingerprint density at radius 2 is 1.81 bits per heavy atom. The molecule has 0 spiro atoms. The van der Waals surface area contributed by atoms with Crippen molar-refractivity contribution >= 4 is 22.6 Å². The third-order valence-corrected chi connectivity index (χ3v) is 7.89. The zero-order valence-corrected chi connectivity index (χ0v) is 21.9. The predicted octanol–water partition coefficient (Wildman–Crippen LogP) is 4.71. The van der Waals surface area contributed by atoms with Crippen LogP contribution in [0.3, 0.4) is 0 Å². The maximum atomic E-state index is 13.1. The van der Waals surface area contributed by atoms with Gasteiger partial charge >= 0.3 is 0 Å². The van der Waals surface area contributed by atoms with Gasteiger partial charge in [-0.25, -0.2) is 0 Å². The summed E-state index contributed by atoms with van der Waals surface area (Å²) in [7, 11) is 1.71. The fourth-order valence-corrected chi connectivity index (χ4v) is 5.79. The van der Waals surface area contributed by atoms with E-state index in [0.717, 1.165) is 82.0 Å². The summed E-state index contributed by atoms with van der Waals surface area (Å²) in [6, 6.07) is 13.4. The minimum absolute atomic E-state index is 0.0231. The number of benzene rings is 2. The maximum absolute atomic E-state index is 13.1. The number of para-hydroxylation sites is 3. The lowest BCUT2D eigenvalue weighted by atomic mass is 9.98. The molecule has 0 radical (unpaired) electrons. The van der Waals surface area contributed by atoms with Crippen molar-refractivity contribution in [2.75, 3.05) is 51.3 Å². The van der Waals surface area contributed by atoms with Gasteiger partial charge in [0.15, 0.2) is 11.0 Å². The first kappa shape index (κ1) is 25.3. The van der Waals surface area contributed by atoms with Gasteiger partial charge in [0.2, 0.25) is 0 Å². The average Bonchev–Trinajstić information content (AvgIpc) is 3.48. The third-order valence-electron chi connectivity index (χ3n) is 7.89. The Morgan fingerprint density at radius 3 is 2.57 bits per heavy atom. The number of anilines is 1. The van der Waals surface area contributed by atoms with Crippen LogP contribution in [0.2, 0.25) is 0 Å². The fourth-order valence-electron chi connectivity index (χ4n) is 5.79. The van der Waals surface area contributed by atoms with Crippen molar-refractivity contribution in [2.45, 2.75) is 44.9 Å². The van der Waals surface area contributed by atoms with Crippen molar-refractivity contribution < 1.29 is 13.9 Å². The molecule has 2 aliphatic rings. The number of methoxy groups -OCH3 is 1. The molecule has 37 heavy (non-hydrogen) atoms. The average molecular weight is 504 g/mol. The number of ether oxygens (including phenoxy) is 1. The Kier molecular flexibility index (Phi) is 7.79. The van der Waals surface area contributed by atoms with Gasteiger partial charge in [-0.3, -0.25) is 14.5 Å². The van der Waals surface area contributed by atoms with Crippen LogP contribution in [0.15, 0.2) is 51.7 Å². The highest BCUT2D eigenvalue weighted by atomic mass is 16.5. The zero-order valence-electron chi connectivity index (χ0n) is 21.9. The number of fused-ring (bicyclic) bond motifs is 1. The van der Waals surface area contributed by atoms with Crippen molar-refractivity contribution in [3.63, 3.8) is 0 Å². The largest absolute Gasteiger partial charge is 0.495 e. The van der Waals surface area contributed by atoms with Gasteiger partial charge in [0, 0.05) is 44.2 Å². The molecule has 1 aliphatic carbocycles. The minimum Gasteiger partial charge on any atom is -0.495 e. The summed E-state index contributed by atoms with van der Waals surface area (Å²) in [5.74, 6) is 1.77. The van der Waals surface area contributed by atoms with Crippen molar-refractivity contribution in [3.8, 4) is 5.75 Å². The molecular weight excluding hydrogens is 466 g/mol. The van der Waals surface area contributed by atoms with Gasteiger partial charge in [-0.05, 0) is 57.0 Å². The molecule has 2 aromatic carbocycles. The van der Waals surface area contributed by atoms with E-state index < -0.39 is 0 Å². The molecular formula is C30H37N3O4. The topological polar surface area (TPSA) is 75.0 Å². The molecule has 1 N–H and O–H groups in total. The second-order valence-electron chi connectivity index (χ2n) is 10.2. The molecule has 1 amide bonds. The van der Waals surface area contributed by atoms with Crippen LogP contribution in [-0.4, -0.2) is 57.2 Å². The van der Waals surface area contributed by atoms with E-state index in [1.165, 1.54) is 0 Å². The summed E-state index contributed by atoms with van der Waals surface area (Å²) >= 11 is 0. The molecule has 3 aromatic rings. The summed E-state index contributed by atoms with van der Waals surface area (Å²) < 4.78 is 11.8. The highest BCUT2D eigenvalue weighted by Gasteiger charge is 2.25. The summed E-state index contributed by atoms with van der Waals surface area (Å²) in [6.45, 7) is 7.20. The number of carbonyl (C=O) groups excluding carboxylic acids is 1. The van der Waals surface area contributed by atoms with Crippen LogP contribution in [-0.2, 0) is 0 Å². The van der Waals surface area contributed by atoms with Crippen LogP contribution in [0.1, 0.15) is 59.7 Å². The highest BCUT2D eigenvalue weighted by molar-refractivity contribution is 6.04. The monoisotopic (exact) mass is 503 g/mol. The molecule has 2 heterocycles. The number of nitrogens with one attached hydrogen (secondary N) is 1. The van der Waals surface area contributed by atoms with E-state index >= 15 is 0 Å². The second kappa shape index (κ2) is 11.4. The molecule has 196 valence electrons. The van der Waals surface area contributed by atoms with E-state index in [9.17, 15) is 9.59 Å². The number of hydrogen-bond donors (Lipinski definition) is 1. The normalized spacial score (nSPS) is 16.9. The van der Waals surface area contributed by atoms with Gasteiger partial charge in [-0.1, -0.05) is 31.0 Å². The fraction of sp³-hybridized carbons (Fsp3) is 0.467. The Balaban J connectivity index is 1.17. The summed E-state index contributed by atoms with van der Waals surface area (Å²) in [4.78, 5) is 31.0. The van der Waals surface area contributed by atoms with Crippen molar-refractivity contribution in [2.24, 2.45) is 0 Å². The van der Waals surface area contributed by atoms with Crippen LogP contribution in [0, 0.1) is 6.92 Å². The Morgan fingerprint density at radius 1 is 1.05 bits per heavy atom. The Bertz CT molecular complexity index is 1300. The molecule has 0 unspecified atom stereocenters. The molecule has 1 aliphatic heterocycles. The SMILES string of the molecule is COc1ccccc1N1CCN(CCCNC(=O)c2cccc3c(=O)c(C)c(C4CCCC4)oc23)CC1. The Labute approximate surface area is 218 Å². The molecule has 1 saturated heterocycles.